The standard InChI is InChI=1S/C16H18ClN3O2/c1-20(9-14-11-6-4-8-13(11)18-19-14)16(22)15(21)10-5-2-3-7-12(10)17/h2-3,5,7,15,21H,4,6,8-9H2,1H3,(H,18,19)/t15-/m0/s1. The lowest BCUT2D eigenvalue weighted by Crippen LogP contribution is -2.31. The monoisotopic (exact) mass is 319 g/mol. The second-order valence-corrected chi connectivity index (χ2v) is 6.01. The third kappa shape index (κ3) is 2.74. The van der Waals surface area contributed by atoms with Crippen LogP contribution in [0.2, 0.25) is 5.02 Å². The number of halogens is 1. The molecule has 0 aliphatic heterocycles. The first-order valence-corrected chi connectivity index (χ1v) is 7.68. The number of aliphatic hydroxyl groups is 1. The molecule has 1 aromatic carbocycles. The molecule has 0 spiro atoms. The Labute approximate surface area is 133 Å². The summed E-state index contributed by atoms with van der Waals surface area (Å²) >= 11 is 6.04. The van der Waals surface area contributed by atoms with Crippen molar-refractivity contribution in [2.45, 2.75) is 31.9 Å². The molecule has 0 saturated heterocycles. The predicted molar refractivity (Wildman–Crippen MR) is 83.5 cm³/mol. The smallest absolute Gasteiger partial charge is 0.256 e. The van der Waals surface area contributed by atoms with E-state index in [2.05, 4.69) is 10.2 Å². The number of hydrogen-bond donors (Lipinski definition) is 2. The fourth-order valence-corrected chi connectivity index (χ4v) is 3.10. The lowest BCUT2D eigenvalue weighted by atomic mass is 10.1. The molecule has 0 saturated carbocycles. The molecule has 1 heterocycles. The van der Waals surface area contributed by atoms with Crippen LogP contribution in [0.25, 0.3) is 0 Å². The Bertz CT molecular complexity index is 698. The fraction of sp³-hybridized carbons (Fsp3) is 0.375. The Kier molecular flexibility index (Phi) is 4.18. The van der Waals surface area contributed by atoms with Gasteiger partial charge < -0.3 is 10.0 Å². The summed E-state index contributed by atoms with van der Waals surface area (Å²) in [7, 11) is 1.67. The molecule has 1 aliphatic carbocycles. The van der Waals surface area contributed by atoms with Gasteiger partial charge in [-0.25, -0.2) is 0 Å². The first-order chi connectivity index (χ1) is 10.6. The van der Waals surface area contributed by atoms with E-state index in [1.807, 2.05) is 0 Å². The van der Waals surface area contributed by atoms with E-state index in [0.717, 1.165) is 25.0 Å². The average molecular weight is 320 g/mol. The number of aryl methyl sites for hydroxylation is 1. The van der Waals surface area contributed by atoms with Crippen molar-refractivity contribution in [2.24, 2.45) is 0 Å². The highest BCUT2D eigenvalue weighted by Crippen LogP contribution is 2.26. The quantitative estimate of drug-likeness (QED) is 0.908. The number of aromatic amines is 1. The second kappa shape index (κ2) is 6.10. The number of rotatable bonds is 4. The van der Waals surface area contributed by atoms with Crippen molar-refractivity contribution in [1.82, 2.24) is 15.1 Å². The van der Waals surface area contributed by atoms with Crippen molar-refractivity contribution in [3.8, 4) is 0 Å². The average Bonchev–Trinajstić information content (AvgIpc) is 3.11. The highest BCUT2D eigenvalue weighted by Gasteiger charge is 2.25. The number of aliphatic hydroxyl groups excluding tert-OH is 1. The molecule has 0 unspecified atom stereocenters. The molecule has 3 rings (SSSR count). The molecule has 0 fully saturated rings. The Balaban J connectivity index is 1.73. The number of amides is 1. The maximum atomic E-state index is 12.4. The van der Waals surface area contributed by atoms with Crippen LogP contribution in [-0.2, 0) is 24.2 Å². The summed E-state index contributed by atoms with van der Waals surface area (Å²) in [6.07, 6.45) is 1.88. The van der Waals surface area contributed by atoms with Crippen molar-refractivity contribution in [1.29, 1.82) is 0 Å². The first-order valence-electron chi connectivity index (χ1n) is 7.30. The van der Waals surface area contributed by atoms with Crippen LogP contribution in [0.4, 0.5) is 0 Å². The normalized spacial score (nSPS) is 14.7. The summed E-state index contributed by atoms with van der Waals surface area (Å²) in [6.45, 7) is 0.381. The molecule has 6 heteroatoms. The zero-order chi connectivity index (χ0) is 15.7. The van der Waals surface area contributed by atoms with Gasteiger partial charge in [0, 0.05) is 23.3 Å². The van der Waals surface area contributed by atoms with Gasteiger partial charge in [-0.15, -0.1) is 0 Å². The van der Waals surface area contributed by atoms with Gasteiger partial charge in [0.05, 0.1) is 12.2 Å². The Hall–Kier alpha value is -1.85. The van der Waals surface area contributed by atoms with Crippen molar-refractivity contribution in [3.63, 3.8) is 0 Å². The molecule has 0 radical (unpaired) electrons. The van der Waals surface area contributed by atoms with Gasteiger partial charge in [0.1, 0.15) is 0 Å². The fourth-order valence-electron chi connectivity index (χ4n) is 2.86. The summed E-state index contributed by atoms with van der Waals surface area (Å²) < 4.78 is 0. The molecule has 1 amide bonds. The molecule has 22 heavy (non-hydrogen) atoms. The first kappa shape index (κ1) is 15.1. The van der Waals surface area contributed by atoms with Crippen LogP contribution >= 0.6 is 11.6 Å². The van der Waals surface area contributed by atoms with E-state index >= 15 is 0 Å². The largest absolute Gasteiger partial charge is 0.378 e. The number of benzene rings is 1. The summed E-state index contributed by atoms with van der Waals surface area (Å²) in [5.41, 5.74) is 3.69. The van der Waals surface area contributed by atoms with Gasteiger partial charge in [0.2, 0.25) is 0 Å². The van der Waals surface area contributed by atoms with Gasteiger partial charge in [-0.2, -0.15) is 5.10 Å². The van der Waals surface area contributed by atoms with Gasteiger partial charge in [0.25, 0.3) is 5.91 Å². The number of carbonyl (C=O) groups is 1. The summed E-state index contributed by atoms with van der Waals surface area (Å²) in [4.78, 5) is 13.9. The number of aromatic nitrogens is 2. The highest BCUT2D eigenvalue weighted by atomic mass is 35.5. The number of H-pyrrole nitrogens is 1. The number of carbonyl (C=O) groups excluding carboxylic acids is 1. The lowest BCUT2D eigenvalue weighted by Gasteiger charge is -2.21. The van der Waals surface area contributed by atoms with Crippen molar-refractivity contribution >= 4 is 17.5 Å². The lowest BCUT2D eigenvalue weighted by molar-refractivity contribution is -0.139. The van der Waals surface area contributed by atoms with Crippen LogP contribution < -0.4 is 0 Å². The van der Waals surface area contributed by atoms with E-state index in [-0.39, 0.29) is 5.91 Å². The SMILES string of the molecule is CN(Cc1n[nH]c2c1CCC2)C(=O)[C@@H](O)c1ccccc1Cl. The molecular formula is C16H18ClN3O2. The second-order valence-electron chi connectivity index (χ2n) is 5.60. The van der Waals surface area contributed by atoms with E-state index in [4.69, 9.17) is 11.6 Å². The van der Waals surface area contributed by atoms with Crippen molar-refractivity contribution in [2.75, 3.05) is 7.05 Å². The summed E-state index contributed by atoms with van der Waals surface area (Å²) in [5, 5.41) is 18.0. The molecule has 1 aromatic heterocycles. The van der Waals surface area contributed by atoms with E-state index in [9.17, 15) is 9.90 Å². The zero-order valence-electron chi connectivity index (χ0n) is 12.3. The molecule has 116 valence electrons. The maximum absolute atomic E-state index is 12.4. The van der Waals surface area contributed by atoms with Crippen LogP contribution in [0, 0.1) is 0 Å². The number of nitrogens with one attached hydrogen (secondary N) is 1. The zero-order valence-corrected chi connectivity index (χ0v) is 13.1. The molecule has 0 bridgehead atoms. The van der Waals surface area contributed by atoms with Crippen LogP contribution in [0.5, 0.6) is 0 Å². The molecule has 1 aliphatic rings. The Morgan fingerprint density at radius 2 is 2.23 bits per heavy atom. The molecule has 2 N–H and O–H groups in total. The third-order valence-corrected chi connectivity index (χ3v) is 4.43. The van der Waals surface area contributed by atoms with Gasteiger partial charge in [-0.1, -0.05) is 29.8 Å². The minimum absolute atomic E-state index is 0.381. The maximum Gasteiger partial charge on any atom is 0.256 e. The van der Waals surface area contributed by atoms with Crippen LogP contribution in [0.3, 0.4) is 0 Å². The van der Waals surface area contributed by atoms with E-state index in [0.29, 0.717) is 17.1 Å². The number of nitrogens with zero attached hydrogens (tertiary/aromatic N) is 2. The highest BCUT2D eigenvalue weighted by molar-refractivity contribution is 6.31. The van der Waals surface area contributed by atoms with Crippen molar-refractivity contribution in [3.05, 3.63) is 51.8 Å². The van der Waals surface area contributed by atoms with Crippen molar-refractivity contribution < 1.29 is 9.90 Å². The van der Waals surface area contributed by atoms with E-state index < -0.39 is 6.10 Å². The third-order valence-electron chi connectivity index (χ3n) is 4.09. The molecular weight excluding hydrogens is 302 g/mol. The Morgan fingerprint density at radius 3 is 3.00 bits per heavy atom. The van der Waals surface area contributed by atoms with Crippen LogP contribution in [-0.4, -0.2) is 33.2 Å². The van der Waals surface area contributed by atoms with Gasteiger partial charge in [-0.3, -0.25) is 9.89 Å². The topological polar surface area (TPSA) is 69.2 Å². The van der Waals surface area contributed by atoms with Gasteiger partial charge in [-0.05, 0) is 30.9 Å². The van der Waals surface area contributed by atoms with Gasteiger partial charge >= 0.3 is 0 Å². The minimum atomic E-state index is -1.26. The van der Waals surface area contributed by atoms with E-state index in [1.165, 1.54) is 16.2 Å². The summed E-state index contributed by atoms with van der Waals surface area (Å²) in [6, 6.07) is 6.83. The van der Waals surface area contributed by atoms with Crippen LogP contribution in [0.15, 0.2) is 24.3 Å². The number of likely N-dealkylation sites (N-methyl/N-ethyl adjacent to an activating group) is 1. The molecule has 1 atom stereocenters. The Morgan fingerprint density at radius 1 is 1.45 bits per heavy atom. The molecule has 2 aromatic rings. The number of hydrogen-bond acceptors (Lipinski definition) is 3. The summed E-state index contributed by atoms with van der Waals surface area (Å²) in [5.74, 6) is -0.386. The van der Waals surface area contributed by atoms with Gasteiger partial charge in [0.15, 0.2) is 6.10 Å². The minimum Gasteiger partial charge on any atom is -0.378 e. The predicted octanol–water partition coefficient (Wildman–Crippen LogP) is 2.24. The van der Waals surface area contributed by atoms with Crippen LogP contribution in [0.1, 0.15) is 35.0 Å². The molecule has 5 nitrogen and oxygen atoms in total. The number of fused-ring (bicyclic) bond motifs is 1. The van der Waals surface area contributed by atoms with E-state index in [1.54, 1.807) is 31.3 Å².